The normalized spacial score (nSPS) is 24.2. The van der Waals surface area contributed by atoms with Crippen molar-refractivity contribution < 1.29 is 0 Å². The van der Waals surface area contributed by atoms with E-state index in [1.807, 2.05) is 18.2 Å². The first-order chi connectivity index (χ1) is 14.6. The molecular formula is C23H24N6S. The number of hydrazine groups is 1. The molecule has 152 valence electrons. The van der Waals surface area contributed by atoms with Crippen LogP contribution in [0.2, 0.25) is 0 Å². The van der Waals surface area contributed by atoms with Crippen molar-refractivity contribution in [1.29, 1.82) is 5.26 Å². The molecule has 3 aliphatic heterocycles. The number of nitriles is 1. The van der Waals surface area contributed by atoms with Gasteiger partial charge in [0.15, 0.2) is 5.17 Å². The molecule has 1 fully saturated rings. The number of hydrogen-bond acceptors (Lipinski definition) is 7. The fourth-order valence-corrected chi connectivity index (χ4v) is 5.14. The van der Waals surface area contributed by atoms with E-state index in [1.165, 1.54) is 16.7 Å². The number of thioether (sulfide) groups is 1. The van der Waals surface area contributed by atoms with Crippen LogP contribution in [-0.4, -0.2) is 27.3 Å². The van der Waals surface area contributed by atoms with Gasteiger partial charge in [-0.15, -0.1) is 0 Å². The predicted molar refractivity (Wildman–Crippen MR) is 120 cm³/mol. The molecule has 6 nitrogen and oxygen atoms in total. The van der Waals surface area contributed by atoms with Gasteiger partial charge in [-0.2, -0.15) is 10.4 Å². The van der Waals surface area contributed by atoms with Crippen LogP contribution >= 0.6 is 11.8 Å². The molecule has 0 amide bonds. The Hall–Kier alpha value is -2.95. The third-order valence-corrected chi connectivity index (χ3v) is 7.10. The Balaban J connectivity index is 1.26. The third-order valence-electron chi connectivity index (χ3n) is 6.06. The Morgan fingerprint density at radius 2 is 2.07 bits per heavy atom. The molecule has 1 saturated heterocycles. The van der Waals surface area contributed by atoms with Crippen molar-refractivity contribution in [3.63, 3.8) is 0 Å². The van der Waals surface area contributed by atoms with Crippen molar-refractivity contribution in [2.45, 2.75) is 44.3 Å². The first-order valence-corrected chi connectivity index (χ1v) is 11.1. The lowest BCUT2D eigenvalue weighted by Crippen LogP contribution is -2.54. The quantitative estimate of drug-likeness (QED) is 0.795. The first kappa shape index (κ1) is 19.0. The van der Waals surface area contributed by atoms with Gasteiger partial charge in [-0.25, -0.2) is 5.43 Å². The van der Waals surface area contributed by atoms with Crippen molar-refractivity contribution in [3.8, 4) is 6.07 Å². The highest BCUT2D eigenvalue weighted by Gasteiger charge is 2.44. The molecule has 0 aliphatic carbocycles. The summed E-state index contributed by atoms with van der Waals surface area (Å²) >= 11 is 1.69. The van der Waals surface area contributed by atoms with Gasteiger partial charge in [-0.05, 0) is 54.7 Å². The molecule has 2 aromatic rings. The number of fused-ring (bicyclic) bond motifs is 3. The van der Waals surface area contributed by atoms with Crippen LogP contribution in [0.3, 0.4) is 0 Å². The molecule has 2 aromatic carbocycles. The van der Waals surface area contributed by atoms with Crippen molar-refractivity contribution in [2.75, 3.05) is 0 Å². The lowest BCUT2D eigenvalue weighted by molar-refractivity contribution is 0.152. The van der Waals surface area contributed by atoms with Gasteiger partial charge in [-0.1, -0.05) is 42.1 Å². The van der Waals surface area contributed by atoms with Gasteiger partial charge in [0.2, 0.25) is 0 Å². The van der Waals surface area contributed by atoms with E-state index in [9.17, 15) is 0 Å². The zero-order chi connectivity index (χ0) is 20.7. The Labute approximate surface area is 181 Å². The van der Waals surface area contributed by atoms with E-state index < -0.39 is 0 Å². The van der Waals surface area contributed by atoms with Gasteiger partial charge in [0.1, 0.15) is 6.17 Å². The Morgan fingerprint density at radius 3 is 2.90 bits per heavy atom. The van der Waals surface area contributed by atoms with Gasteiger partial charge >= 0.3 is 0 Å². The number of nitrogens with one attached hydrogen (secondary N) is 2. The molecule has 7 heteroatoms. The summed E-state index contributed by atoms with van der Waals surface area (Å²) in [6.07, 6.45) is 5.33. The monoisotopic (exact) mass is 416 g/mol. The number of hydrogen-bond donors (Lipinski definition) is 2. The minimum atomic E-state index is 0.118. The average Bonchev–Trinajstić information content (AvgIpc) is 3.38. The Bertz CT molecular complexity index is 1070. The molecule has 0 saturated carbocycles. The van der Waals surface area contributed by atoms with Gasteiger partial charge in [0.05, 0.1) is 23.7 Å². The summed E-state index contributed by atoms with van der Waals surface area (Å²) in [5.74, 6) is 0.783. The minimum absolute atomic E-state index is 0.118. The number of benzene rings is 2. The van der Waals surface area contributed by atoms with E-state index in [0.717, 1.165) is 22.9 Å². The second-order valence-corrected chi connectivity index (χ2v) is 8.95. The summed E-state index contributed by atoms with van der Waals surface area (Å²) < 4.78 is 0. The Morgan fingerprint density at radius 1 is 1.17 bits per heavy atom. The highest BCUT2D eigenvalue weighted by Crippen LogP contribution is 2.35. The molecular weight excluding hydrogens is 392 g/mol. The molecule has 0 aromatic heterocycles. The zero-order valence-corrected chi connectivity index (χ0v) is 17.9. The summed E-state index contributed by atoms with van der Waals surface area (Å²) in [6, 6.07) is 17.3. The van der Waals surface area contributed by atoms with Crippen LogP contribution in [0.5, 0.6) is 0 Å². The molecule has 3 atom stereocenters. The smallest absolute Gasteiger partial charge is 0.189 e. The van der Waals surface area contributed by atoms with Crippen LogP contribution in [0.15, 0.2) is 60.0 Å². The zero-order valence-electron chi connectivity index (χ0n) is 17.0. The van der Waals surface area contributed by atoms with E-state index in [-0.39, 0.29) is 6.17 Å². The predicted octanol–water partition coefficient (Wildman–Crippen LogP) is 3.72. The lowest BCUT2D eigenvalue weighted by Gasteiger charge is -2.36. The fourth-order valence-electron chi connectivity index (χ4n) is 4.23. The third kappa shape index (κ3) is 3.42. The minimum Gasteiger partial charge on any atom is -0.306 e. The highest BCUT2D eigenvalue weighted by atomic mass is 32.2. The molecule has 0 spiro atoms. The summed E-state index contributed by atoms with van der Waals surface area (Å²) in [4.78, 5) is 2.23. The second-order valence-electron chi connectivity index (χ2n) is 8.01. The average molecular weight is 417 g/mol. The largest absolute Gasteiger partial charge is 0.306 e. The van der Waals surface area contributed by atoms with Gasteiger partial charge in [0, 0.05) is 18.2 Å². The van der Waals surface area contributed by atoms with Crippen LogP contribution in [-0.2, 0) is 5.75 Å². The molecule has 3 heterocycles. The molecule has 3 aliphatic rings. The fraction of sp³-hybridized carbons (Fsp3) is 0.304. The number of aryl methyl sites for hydroxylation is 2. The van der Waals surface area contributed by atoms with Crippen molar-refractivity contribution >= 4 is 16.9 Å². The van der Waals surface area contributed by atoms with Crippen molar-refractivity contribution in [3.05, 3.63) is 82.7 Å². The van der Waals surface area contributed by atoms with Crippen LogP contribution < -0.4 is 10.9 Å². The summed E-state index contributed by atoms with van der Waals surface area (Å²) in [7, 11) is 0. The molecule has 0 radical (unpaired) electrons. The van der Waals surface area contributed by atoms with Gasteiger partial charge in [-0.3, -0.25) is 5.43 Å². The number of nitrogens with zero attached hydrogens (tertiary/aromatic N) is 4. The van der Waals surface area contributed by atoms with Crippen LogP contribution in [0.1, 0.15) is 40.3 Å². The lowest BCUT2D eigenvalue weighted by atomic mass is 9.97. The maximum absolute atomic E-state index is 9.10. The van der Waals surface area contributed by atoms with Gasteiger partial charge in [0.25, 0.3) is 0 Å². The summed E-state index contributed by atoms with van der Waals surface area (Å²) in [5.41, 5.74) is 12.8. The number of amidine groups is 1. The van der Waals surface area contributed by atoms with Gasteiger partial charge < -0.3 is 9.91 Å². The second kappa shape index (κ2) is 7.71. The molecule has 2 N–H and O–H groups in total. The van der Waals surface area contributed by atoms with Crippen LogP contribution in [0.25, 0.3) is 0 Å². The topological polar surface area (TPSA) is 66.7 Å². The van der Waals surface area contributed by atoms with Crippen LogP contribution in [0.4, 0.5) is 0 Å². The van der Waals surface area contributed by atoms with Crippen molar-refractivity contribution in [1.82, 2.24) is 20.8 Å². The maximum atomic E-state index is 9.10. The van der Waals surface area contributed by atoms with E-state index >= 15 is 0 Å². The SMILES string of the molecule is Cc1ccc(C2CC3C4NN=C(SCc5cccc(C#N)c5)N4C=CN3N2)cc1C. The summed E-state index contributed by atoms with van der Waals surface area (Å²) in [5, 5.41) is 16.9. The summed E-state index contributed by atoms with van der Waals surface area (Å²) in [6.45, 7) is 4.32. The number of hydrazone groups is 1. The van der Waals surface area contributed by atoms with E-state index in [1.54, 1.807) is 11.8 Å². The van der Waals surface area contributed by atoms with E-state index in [0.29, 0.717) is 17.6 Å². The number of rotatable bonds is 3. The Kier molecular flexibility index (Phi) is 4.89. The van der Waals surface area contributed by atoms with Crippen LogP contribution in [0, 0.1) is 25.2 Å². The molecule has 3 unspecified atom stereocenters. The maximum Gasteiger partial charge on any atom is 0.189 e. The van der Waals surface area contributed by atoms with E-state index in [4.69, 9.17) is 5.26 Å². The standard InChI is InChI=1S/C23H24N6S/c1-15-6-7-19(10-16(15)2)20-12-21-22-25-26-23(28(22)8-9-29(21)27-20)30-14-18-5-3-4-17(11-18)13-24/h3-11,20-22,25,27H,12,14H2,1-2H3. The highest BCUT2D eigenvalue weighted by molar-refractivity contribution is 8.13. The van der Waals surface area contributed by atoms with E-state index in [2.05, 4.69) is 82.4 Å². The molecule has 30 heavy (non-hydrogen) atoms. The molecule has 0 bridgehead atoms. The first-order valence-electron chi connectivity index (χ1n) is 10.2. The molecule has 5 rings (SSSR count). The van der Waals surface area contributed by atoms with Crippen molar-refractivity contribution in [2.24, 2.45) is 5.10 Å².